The van der Waals surface area contributed by atoms with Gasteiger partial charge in [0.15, 0.2) is 0 Å². The maximum Gasteiger partial charge on any atom is 0.209 e. The fraction of sp³-hybridized carbons (Fsp3) is 0.733. The Labute approximate surface area is 143 Å². The van der Waals surface area contributed by atoms with Crippen LogP contribution in [-0.4, -0.2) is 110 Å². The van der Waals surface area contributed by atoms with Crippen molar-refractivity contribution in [3.8, 4) is 0 Å². The number of carbonyl (C=O) groups is 4. The molecular weight excluding hydrogens is 316 g/mol. The molecule has 0 radical (unpaired) electrons. The number of aliphatic hydroxyl groups excluding tert-OH is 1. The zero-order valence-corrected chi connectivity index (χ0v) is 14.8. The van der Waals surface area contributed by atoms with Crippen molar-refractivity contribution in [2.24, 2.45) is 0 Å². The molecule has 0 bridgehead atoms. The molecule has 0 saturated heterocycles. The zero-order valence-electron chi connectivity index (χ0n) is 14.8. The molecule has 0 spiro atoms. The predicted molar refractivity (Wildman–Crippen MR) is 90.0 cm³/mol. The molecule has 0 atom stereocenters. The Morgan fingerprint density at radius 2 is 1.25 bits per heavy atom. The molecule has 0 aromatic carbocycles. The Morgan fingerprint density at radius 3 is 1.67 bits per heavy atom. The van der Waals surface area contributed by atoms with E-state index in [4.69, 9.17) is 5.11 Å². The van der Waals surface area contributed by atoms with Crippen LogP contribution in [0.4, 0.5) is 0 Å². The summed E-state index contributed by atoms with van der Waals surface area (Å²) in [5.74, 6) is 0. The van der Waals surface area contributed by atoms with E-state index >= 15 is 0 Å². The second kappa shape index (κ2) is 17.2. The molecule has 4 amide bonds. The predicted octanol–water partition coefficient (Wildman–Crippen LogP) is -1.53. The number of hydrogen-bond acceptors (Lipinski definition) is 5. The number of aliphatic hydroxyl groups is 1. The highest BCUT2D eigenvalue weighted by molar-refractivity contribution is 5.48. The molecule has 1 N–H and O–H groups in total. The first-order chi connectivity index (χ1) is 11.5. The summed E-state index contributed by atoms with van der Waals surface area (Å²) in [6.07, 6.45) is 3.82. The van der Waals surface area contributed by atoms with Crippen molar-refractivity contribution in [1.29, 1.82) is 0 Å². The van der Waals surface area contributed by atoms with Gasteiger partial charge in [-0.1, -0.05) is 0 Å². The van der Waals surface area contributed by atoms with Gasteiger partial charge in [-0.3, -0.25) is 19.2 Å². The average Bonchev–Trinajstić information content (AvgIpc) is 2.62. The molecule has 0 unspecified atom stereocenters. The summed E-state index contributed by atoms with van der Waals surface area (Å²) in [6, 6.07) is 0. The first kappa shape index (κ1) is 24.1. The highest BCUT2D eigenvalue weighted by atomic mass is 16.3. The fourth-order valence-corrected chi connectivity index (χ4v) is 1.55. The summed E-state index contributed by atoms with van der Waals surface area (Å²) in [7, 11) is 3.36. The second-order valence-corrected chi connectivity index (χ2v) is 5.12. The lowest BCUT2D eigenvalue weighted by atomic mass is 10.4. The van der Waals surface area contributed by atoms with Gasteiger partial charge in [-0.05, 0) is 13.3 Å². The Balaban J connectivity index is 0. The van der Waals surface area contributed by atoms with Gasteiger partial charge < -0.3 is 24.7 Å². The number of rotatable bonds is 14. The molecule has 0 aliphatic rings. The largest absolute Gasteiger partial charge is 0.395 e. The Kier molecular flexibility index (Phi) is 17.3. The first-order valence-electron chi connectivity index (χ1n) is 7.79. The standard InChI is InChI=1S/C8H16N2O2.C7H14N2O3/c1-3-10(8-12)6-4-5-9(2)7-11;1-8(6-11)2-3-9(7-12)4-5-10/h7-8H,3-6H2,1-2H3;6-7,10H,2-5H2,1H3. The molecule has 0 aliphatic carbocycles. The smallest absolute Gasteiger partial charge is 0.209 e. The van der Waals surface area contributed by atoms with Crippen molar-refractivity contribution in [2.75, 3.05) is 60.0 Å². The van der Waals surface area contributed by atoms with Crippen LogP contribution < -0.4 is 0 Å². The fourth-order valence-electron chi connectivity index (χ4n) is 1.55. The van der Waals surface area contributed by atoms with Gasteiger partial charge in [0.05, 0.1) is 6.61 Å². The summed E-state index contributed by atoms with van der Waals surface area (Å²) in [4.78, 5) is 47.0. The molecule has 0 rings (SSSR count). The van der Waals surface area contributed by atoms with Crippen LogP contribution in [-0.2, 0) is 19.2 Å². The van der Waals surface area contributed by atoms with E-state index in [1.807, 2.05) is 6.92 Å². The van der Waals surface area contributed by atoms with Crippen molar-refractivity contribution in [2.45, 2.75) is 13.3 Å². The third-order valence-electron chi connectivity index (χ3n) is 3.15. The van der Waals surface area contributed by atoms with Crippen LogP contribution in [0.3, 0.4) is 0 Å². The van der Waals surface area contributed by atoms with E-state index in [2.05, 4.69) is 0 Å². The van der Waals surface area contributed by atoms with Gasteiger partial charge in [-0.2, -0.15) is 0 Å². The van der Waals surface area contributed by atoms with Crippen LogP contribution in [0.25, 0.3) is 0 Å². The molecule has 24 heavy (non-hydrogen) atoms. The van der Waals surface area contributed by atoms with E-state index < -0.39 is 0 Å². The summed E-state index contributed by atoms with van der Waals surface area (Å²) in [5, 5.41) is 8.51. The first-order valence-corrected chi connectivity index (χ1v) is 7.79. The van der Waals surface area contributed by atoms with Crippen molar-refractivity contribution >= 4 is 25.6 Å². The lowest BCUT2D eigenvalue weighted by molar-refractivity contribution is -0.121. The summed E-state index contributed by atoms with van der Waals surface area (Å²) in [6.45, 7) is 5.29. The molecular formula is C15H30N4O5. The average molecular weight is 346 g/mol. The van der Waals surface area contributed by atoms with E-state index in [0.717, 1.165) is 32.3 Å². The number of hydrogen-bond donors (Lipinski definition) is 1. The highest BCUT2D eigenvalue weighted by Gasteiger charge is 2.01. The number of amides is 4. The lowest BCUT2D eigenvalue weighted by Crippen LogP contribution is -2.33. The van der Waals surface area contributed by atoms with Gasteiger partial charge in [0.1, 0.15) is 0 Å². The van der Waals surface area contributed by atoms with Crippen LogP contribution in [0.15, 0.2) is 0 Å². The zero-order chi connectivity index (χ0) is 18.8. The van der Waals surface area contributed by atoms with Crippen molar-refractivity contribution < 1.29 is 24.3 Å². The highest BCUT2D eigenvalue weighted by Crippen LogP contribution is 1.88. The quantitative estimate of drug-likeness (QED) is 0.385. The molecule has 9 heteroatoms. The SMILES string of the molecule is CCN(C=O)CCCN(C)C=O.CN(C=O)CCN(C=O)CCO. The Hall–Kier alpha value is -2.16. The minimum Gasteiger partial charge on any atom is -0.395 e. The molecule has 0 fully saturated rings. The molecule has 9 nitrogen and oxygen atoms in total. The van der Waals surface area contributed by atoms with Crippen molar-refractivity contribution in [1.82, 2.24) is 19.6 Å². The number of likely N-dealkylation sites (N-methyl/N-ethyl adjacent to an activating group) is 1. The van der Waals surface area contributed by atoms with Crippen LogP contribution in [0.5, 0.6) is 0 Å². The maximum atomic E-state index is 10.3. The van der Waals surface area contributed by atoms with Crippen LogP contribution in [0, 0.1) is 0 Å². The van der Waals surface area contributed by atoms with E-state index in [-0.39, 0.29) is 6.61 Å². The van der Waals surface area contributed by atoms with Crippen LogP contribution in [0.1, 0.15) is 13.3 Å². The van der Waals surface area contributed by atoms with Gasteiger partial charge in [0, 0.05) is 53.4 Å². The monoisotopic (exact) mass is 346 g/mol. The van der Waals surface area contributed by atoms with Crippen molar-refractivity contribution in [3.63, 3.8) is 0 Å². The molecule has 0 heterocycles. The number of nitrogens with zero attached hydrogens (tertiary/aromatic N) is 4. The van der Waals surface area contributed by atoms with Crippen LogP contribution >= 0.6 is 0 Å². The van der Waals surface area contributed by atoms with E-state index in [1.165, 1.54) is 9.80 Å². The molecule has 0 aliphatic heterocycles. The minimum atomic E-state index is -0.0520. The molecule has 0 aromatic rings. The van der Waals surface area contributed by atoms with Crippen LogP contribution in [0.2, 0.25) is 0 Å². The topological polar surface area (TPSA) is 101 Å². The Bertz CT molecular complexity index is 344. The van der Waals surface area contributed by atoms with E-state index in [9.17, 15) is 19.2 Å². The Morgan fingerprint density at radius 1 is 0.708 bits per heavy atom. The lowest BCUT2D eigenvalue weighted by Gasteiger charge is -2.18. The third kappa shape index (κ3) is 14.8. The third-order valence-corrected chi connectivity index (χ3v) is 3.15. The minimum absolute atomic E-state index is 0.0520. The summed E-state index contributed by atoms with van der Waals surface area (Å²) < 4.78 is 0. The molecule has 140 valence electrons. The normalized spacial score (nSPS) is 9.17. The summed E-state index contributed by atoms with van der Waals surface area (Å²) in [5.41, 5.74) is 0. The van der Waals surface area contributed by atoms with Gasteiger partial charge in [-0.15, -0.1) is 0 Å². The van der Waals surface area contributed by atoms with Gasteiger partial charge in [-0.25, -0.2) is 0 Å². The second-order valence-electron chi connectivity index (χ2n) is 5.12. The summed E-state index contributed by atoms with van der Waals surface area (Å²) >= 11 is 0. The maximum absolute atomic E-state index is 10.3. The molecule has 0 aromatic heterocycles. The van der Waals surface area contributed by atoms with E-state index in [0.29, 0.717) is 39.0 Å². The number of carbonyl (C=O) groups excluding carboxylic acids is 4. The molecule has 0 saturated carbocycles. The van der Waals surface area contributed by atoms with Gasteiger partial charge in [0.2, 0.25) is 25.6 Å². The van der Waals surface area contributed by atoms with E-state index in [1.54, 1.807) is 23.9 Å². The van der Waals surface area contributed by atoms with Gasteiger partial charge >= 0.3 is 0 Å². The van der Waals surface area contributed by atoms with Crippen molar-refractivity contribution in [3.05, 3.63) is 0 Å². The van der Waals surface area contributed by atoms with Gasteiger partial charge in [0.25, 0.3) is 0 Å².